The number of H-pyrrole nitrogens is 1. The first-order valence-corrected chi connectivity index (χ1v) is 12.0. The minimum absolute atomic E-state index is 0.0255. The molecule has 0 bridgehead atoms. The van der Waals surface area contributed by atoms with E-state index in [-0.39, 0.29) is 5.52 Å². The third-order valence-corrected chi connectivity index (χ3v) is 7.26. The number of aromatic amines is 1. The van der Waals surface area contributed by atoms with Gasteiger partial charge in [0, 0.05) is 18.5 Å². The molecule has 1 saturated heterocycles. The maximum absolute atomic E-state index is 14.2. The lowest BCUT2D eigenvalue weighted by molar-refractivity contribution is 0.209. The summed E-state index contributed by atoms with van der Waals surface area (Å²) in [4.78, 5) is 19.4. The van der Waals surface area contributed by atoms with Gasteiger partial charge in [0.15, 0.2) is 11.6 Å². The summed E-state index contributed by atoms with van der Waals surface area (Å²) in [6, 6.07) is 2.64. The van der Waals surface area contributed by atoms with Gasteiger partial charge >= 0.3 is 0 Å². The summed E-state index contributed by atoms with van der Waals surface area (Å²) in [5.41, 5.74) is 2.31. The van der Waals surface area contributed by atoms with Crippen molar-refractivity contribution >= 4 is 11.0 Å². The molecule has 3 heterocycles. The van der Waals surface area contributed by atoms with Crippen LogP contribution in [0.2, 0.25) is 0 Å². The summed E-state index contributed by atoms with van der Waals surface area (Å²) in [5, 5.41) is 0. The van der Waals surface area contributed by atoms with Crippen molar-refractivity contribution in [1.29, 1.82) is 0 Å². The largest absolute Gasteiger partial charge is 0.338 e. The number of hydrogen-bond donors (Lipinski definition) is 1. The molecule has 170 valence electrons. The van der Waals surface area contributed by atoms with Crippen LogP contribution in [0.3, 0.4) is 0 Å². The van der Waals surface area contributed by atoms with Crippen LogP contribution < -0.4 is 0 Å². The molecule has 5 nitrogen and oxygen atoms in total. The molecule has 0 spiro atoms. The van der Waals surface area contributed by atoms with Crippen molar-refractivity contribution in [2.75, 3.05) is 20.1 Å². The number of fused-ring (bicyclic) bond motifs is 1. The molecule has 1 N–H and O–H groups in total. The van der Waals surface area contributed by atoms with E-state index < -0.39 is 11.6 Å². The summed E-state index contributed by atoms with van der Waals surface area (Å²) in [6.07, 6.45) is 12.3. The highest BCUT2D eigenvalue weighted by Gasteiger charge is 2.26. The number of unbranched alkanes of at least 4 members (excludes halogenated alkanes) is 1. The average Bonchev–Trinajstić information content (AvgIpc) is 3.19. The van der Waals surface area contributed by atoms with Crippen molar-refractivity contribution in [1.82, 2.24) is 24.8 Å². The van der Waals surface area contributed by atoms with E-state index in [1.165, 1.54) is 51.3 Å². The van der Waals surface area contributed by atoms with E-state index >= 15 is 0 Å². The molecule has 1 aliphatic heterocycles. The lowest BCUT2D eigenvalue weighted by atomic mass is 9.81. The van der Waals surface area contributed by atoms with Crippen LogP contribution in [0.15, 0.2) is 18.3 Å². The predicted octanol–water partition coefficient (Wildman–Crippen LogP) is 5.62. The number of aromatic nitrogens is 4. The van der Waals surface area contributed by atoms with Gasteiger partial charge in [-0.1, -0.05) is 19.3 Å². The van der Waals surface area contributed by atoms with Crippen LogP contribution in [-0.2, 0) is 6.42 Å². The first-order chi connectivity index (χ1) is 15.6. The Labute approximate surface area is 187 Å². The molecule has 1 aliphatic carbocycles. The van der Waals surface area contributed by atoms with Crippen LogP contribution in [0.1, 0.15) is 68.8 Å². The molecule has 2 aliphatic rings. The average molecular weight is 440 g/mol. The van der Waals surface area contributed by atoms with Crippen LogP contribution in [0.4, 0.5) is 8.78 Å². The van der Waals surface area contributed by atoms with Crippen molar-refractivity contribution < 1.29 is 8.78 Å². The fourth-order valence-corrected chi connectivity index (χ4v) is 4.94. The Morgan fingerprint density at radius 2 is 1.88 bits per heavy atom. The molecule has 2 aromatic heterocycles. The second-order valence-corrected chi connectivity index (χ2v) is 9.55. The van der Waals surface area contributed by atoms with Crippen molar-refractivity contribution in [2.24, 2.45) is 5.92 Å². The zero-order chi connectivity index (χ0) is 22.1. The molecular weight excluding hydrogens is 408 g/mol. The molecule has 0 amide bonds. The number of rotatable bonds is 7. The number of halogens is 2. The van der Waals surface area contributed by atoms with Crippen LogP contribution in [0, 0.1) is 17.6 Å². The second kappa shape index (κ2) is 9.22. The highest BCUT2D eigenvalue weighted by atomic mass is 19.2. The minimum Gasteiger partial charge on any atom is -0.338 e. The van der Waals surface area contributed by atoms with Crippen molar-refractivity contribution in [3.05, 3.63) is 41.5 Å². The number of aryl methyl sites for hydroxylation is 1. The van der Waals surface area contributed by atoms with Crippen LogP contribution in [-0.4, -0.2) is 45.0 Å². The maximum atomic E-state index is 14.2. The zero-order valence-corrected chi connectivity index (χ0v) is 18.7. The molecule has 32 heavy (non-hydrogen) atoms. The SMILES string of the molecule is CN1CCC(CCCCc2ncc(-c3nc4c(F)c(F)ccc4[nH]3)c(C3CCC3)n2)CC1. The Morgan fingerprint density at radius 3 is 2.62 bits per heavy atom. The van der Waals surface area contributed by atoms with Gasteiger partial charge in [0.25, 0.3) is 0 Å². The van der Waals surface area contributed by atoms with Crippen molar-refractivity contribution in [3.63, 3.8) is 0 Å². The van der Waals surface area contributed by atoms with Gasteiger partial charge in [0.1, 0.15) is 17.2 Å². The summed E-state index contributed by atoms with van der Waals surface area (Å²) in [5.74, 6) is 0.839. The highest BCUT2D eigenvalue weighted by Crippen LogP contribution is 2.39. The van der Waals surface area contributed by atoms with E-state index in [9.17, 15) is 8.78 Å². The fraction of sp³-hybridized carbons (Fsp3) is 0.560. The Morgan fingerprint density at radius 1 is 1.06 bits per heavy atom. The lowest BCUT2D eigenvalue weighted by Crippen LogP contribution is -2.30. The quantitative estimate of drug-likeness (QED) is 0.486. The number of hydrogen-bond acceptors (Lipinski definition) is 4. The topological polar surface area (TPSA) is 57.7 Å². The zero-order valence-electron chi connectivity index (χ0n) is 18.7. The van der Waals surface area contributed by atoms with E-state index in [4.69, 9.17) is 4.98 Å². The van der Waals surface area contributed by atoms with Crippen LogP contribution >= 0.6 is 0 Å². The molecule has 5 rings (SSSR count). The van der Waals surface area contributed by atoms with E-state index in [1.54, 1.807) is 0 Å². The third-order valence-electron chi connectivity index (χ3n) is 7.26. The Hall–Kier alpha value is -2.41. The molecule has 0 atom stereocenters. The van der Waals surface area contributed by atoms with Gasteiger partial charge < -0.3 is 9.88 Å². The Kier molecular flexibility index (Phi) is 6.17. The molecule has 2 fully saturated rings. The Bertz CT molecular complexity index is 1080. The normalized spacial score (nSPS) is 18.3. The van der Waals surface area contributed by atoms with Crippen molar-refractivity contribution in [3.8, 4) is 11.4 Å². The monoisotopic (exact) mass is 439 g/mol. The first-order valence-electron chi connectivity index (χ1n) is 12.0. The maximum Gasteiger partial charge on any atom is 0.186 e. The molecule has 0 radical (unpaired) electrons. The Balaban J connectivity index is 1.30. The minimum atomic E-state index is -0.919. The number of piperidine rings is 1. The third kappa shape index (κ3) is 4.40. The smallest absolute Gasteiger partial charge is 0.186 e. The van der Waals surface area contributed by atoms with Gasteiger partial charge in [-0.3, -0.25) is 0 Å². The lowest BCUT2D eigenvalue weighted by Gasteiger charge is -2.28. The summed E-state index contributed by atoms with van der Waals surface area (Å²) < 4.78 is 27.8. The number of benzene rings is 1. The summed E-state index contributed by atoms with van der Waals surface area (Å²) in [6.45, 7) is 2.44. The standard InChI is InChI=1S/C25H31F2N5/c1-32-13-11-16(12-14-32)5-2-3-8-21-28-15-18(23(30-21)17-6-4-7-17)25-29-20-10-9-19(26)22(27)24(20)31-25/h9-10,15-17H,2-8,11-14H2,1H3,(H,29,31). The molecule has 1 saturated carbocycles. The second-order valence-electron chi connectivity index (χ2n) is 9.55. The van der Waals surface area contributed by atoms with Gasteiger partial charge in [0.05, 0.1) is 16.8 Å². The highest BCUT2D eigenvalue weighted by molar-refractivity contribution is 5.80. The number of nitrogens with zero attached hydrogens (tertiary/aromatic N) is 4. The molecule has 3 aromatic rings. The molecule has 7 heteroatoms. The first kappa shape index (κ1) is 21.4. The summed E-state index contributed by atoms with van der Waals surface area (Å²) in [7, 11) is 2.21. The fourth-order valence-electron chi connectivity index (χ4n) is 4.94. The van der Waals surface area contributed by atoms with Crippen molar-refractivity contribution in [2.45, 2.75) is 63.7 Å². The van der Waals surface area contributed by atoms with Crippen LogP contribution in [0.25, 0.3) is 22.4 Å². The van der Waals surface area contributed by atoms with E-state index in [2.05, 4.69) is 26.9 Å². The van der Waals surface area contributed by atoms with Gasteiger partial charge in [-0.05, 0) is 70.3 Å². The van der Waals surface area contributed by atoms with Gasteiger partial charge in [-0.15, -0.1) is 0 Å². The predicted molar refractivity (Wildman–Crippen MR) is 121 cm³/mol. The van der Waals surface area contributed by atoms with E-state index in [0.717, 1.165) is 54.7 Å². The van der Waals surface area contributed by atoms with Crippen LogP contribution in [0.5, 0.6) is 0 Å². The summed E-state index contributed by atoms with van der Waals surface area (Å²) >= 11 is 0. The van der Waals surface area contributed by atoms with E-state index in [0.29, 0.717) is 17.3 Å². The number of nitrogens with one attached hydrogen (secondary N) is 1. The molecular formula is C25H31F2N5. The van der Waals surface area contributed by atoms with E-state index in [1.807, 2.05) is 6.20 Å². The molecule has 1 aromatic carbocycles. The van der Waals surface area contributed by atoms with Gasteiger partial charge in [0.2, 0.25) is 0 Å². The number of imidazole rings is 1. The van der Waals surface area contributed by atoms with Gasteiger partial charge in [-0.2, -0.15) is 0 Å². The number of likely N-dealkylation sites (tertiary alicyclic amines) is 1. The molecule has 0 unspecified atom stereocenters. The van der Waals surface area contributed by atoms with Gasteiger partial charge in [-0.25, -0.2) is 23.7 Å².